The highest BCUT2D eigenvalue weighted by Gasteiger charge is 2.26. The fourth-order valence-corrected chi connectivity index (χ4v) is 2.86. The Morgan fingerprint density at radius 2 is 2.39 bits per heavy atom. The summed E-state index contributed by atoms with van der Waals surface area (Å²) >= 11 is 0. The number of piperazine rings is 1. The highest BCUT2D eigenvalue weighted by atomic mass is 16.5. The number of hydrogen-bond donors (Lipinski definition) is 2. The molecule has 0 saturated carbocycles. The Balaban J connectivity index is 1.81. The molecule has 0 aromatic heterocycles. The van der Waals surface area contributed by atoms with Crippen molar-refractivity contribution in [2.24, 2.45) is 5.73 Å². The van der Waals surface area contributed by atoms with Crippen molar-refractivity contribution < 1.29 is 4.74 Å². The Morgan fingerprint density at radius 3 is 3.22 bits per heavy atom. The normalized spacial score (nSPS) is 25.6. The van der Waals surface area contributed by atoms with E-state index in [1.54, 1.807) is 0 Å². The molecule has 1 fully saturated rings. The van der Waals surface area contributed by atoms with E-state index >= 15 is 0 Å². The monoisotopic (exact) mass is 247 g/mol. The van der Waals surface area contributed by atoms with Crippen LogP contribution in [0.1, 0.15) is 17.2 Å². The van der Waals surface area contributed by atoms with Crippen molar-refractivity contribution in [2.45, 2.75) is 18.5 Å². The van der Waals surface area contributed by atoms with Gasteiger partial charge in [-0.3, -0.25) is 4.90 Å². The first-order chi connectivity index (χ1) is 8.75. The van der Waals surface area contributed by atoms with Crippen LogP contribution in [0.25, 0.3) is 0 Å². The molecule has 3 rings (SSSR count). The summed E-state index contributed by atoms with van der Waals surface area (Å²) in [6.07, 6.45) is 1.01. The number of hydrogen-bond acceptors (Lipinski definition) is 4. The molecule has 0 amide bonds. The minimum atomic E-state index is 0.0636. The van der Waals surface area contributed by atoms with Crippen molar-refractivity contribution in [1.82, 2.24) is 10.2 Å². The lowest BCUT2D eigenvalue weighted by molar-refractivity contribution is 0.174. The molecule has 0 bridgehead atoms. The molecule has 1 aromatic rings. The number of likely N-dealkylation sites (N-methyl/N-ethyl adjacent to an activating group) is 1. The third kappa shape index (κ3) is 2.11. The van der Waals surface area contributed by atoms with E-state index in [1.165, 1.54) is 11.1 Å². The average Bonchev–Trinajstić information content (AvgIpc) is 2.85. The van der Waals surface area contributed by atoms with E-state index in [1.807, 2.05) is 0 Å². The molecule has 0 radical (unpaired) electrons. The predicted octanol–water partition coefficient (Wildman–Crippen LogP) is 0.525. The number of fused-ring (bicyclic) bond motifs is 1. The number of benzene rings is 1. The molecule has 4 nitrogen and oxygen atoms in total. The second-order valence-corrected chi connectivity index (χ2v) is 5.24. The molecule has 18 heavy (non-hydrogen) atoms. The zero-order valence-corrected chi connectivity index (χ0v) is 10.9. The molecule has 2 aliphatic heterocycles. The van der Waals surface area contributed by atoms with Crippen LogP contribution in [-0.2, 0) is 6.42 Å². The molecular weight excluding hydrogens is 226 g/mol. The number of nitrogens with one attached hydrogen (secondary N) is 1. The summed E-state index contributed by atoms with van der Waals surface area (Å²) < 4.78 is 5.54. The van der Waals surface area contributed by atoms with Gasteiger partial charge >= 0.3 is 0 Å². The van der Waals surface area contributed by atoms with Gasteiger partial charge in [0.25, 0.3) is 0 Å². The Morgan fingerprint density at radius 1 is 1.50 bits per heavy atom. The number of ether oxygens (including phenoxy) is 1. The van der Waals surface area contributed by atoms with Gasteiger partial charge in [-0.1, -0.05) is 12.1 Å². The third-order valence-corrected chi connectivity index (χ3v) is 4.07. The maximum absolute atomic E-state index is 6.43. The van der Waals surface area contributed by atoms with Crippen molar-refractivity contribution in [3.63, 3.8) is 0 Å². The van der Waals surface area contributed by atoms with Crippen LogP contribution in [0.5, 0.6) is 5.75 Å². The topological polar surface area (TPSA) is 50.5 Å². The molecule has 4 heteroatoms. The summed E-state index contributed by atoms with van der Waals surface area (Å²) in [5.41, 5.74) is 8.95. The number of nitrogens with two attached hydrogens (primary N) is 1. The Bertz CT molecular complexity index is 435. The third-order valence-electron chi connectivity index (χ3n) is 4.07. The van der Waals surface area contributed by atoms with Crippen molar-refractivity contribution in [3.8, 4) is 5.75 Å². The van der Waals surface area contributed by atoms with Crippen LogP contribution in [0.3, 0.4) is 0 Å². The SMILES string of the molecule is CN1CCNCC1C(N)c1ccc2c(c1)CCO2. The van der Waals surface area contributed by atoms with Gasteiger partial charge in [-0.05, 0) is 24.2 Å². The van der Waals surface area contributed by atoms with E-state index in [9.17, 15) is 0 Å². The molecular formula is C14H21N3O. The van der Waals surface area contributed by atoms with Gasteiger partial charge in [-0.25, -0.2) is 0 Å². The Labute approximate surface area is 108 Å². The molecule has 3 N–H and O–H groups in total. The molecule has 0 aliphatic carbocycles. The van der Waals surface area contributed by atoms with Crippen LogP contribution >= 0.6 is 0 Å². The van der Waals surface area contributed by atoms with E-state index in [0.29, 0.717) is 6.04 Å². The zero-order valence-electron chi connectivity index (χ0n) is 10.9. The minimum Gasteiger partial charge on any atom is -0.493 e. The lowest BCUT2D eigenvalue weighted by Gasteiger charge is -2.37. The summed E-state index contributed by atoms with van der Waals surface area (Å²) in [5, 5.41) is 3.42. The quantitative estimate of drug-likeness (QED) is 0.800. The average molecular weight is 247 g/mol. The highest BCUT2D eigenvalue weighted by molar-refractivity contribution is 5.41. The van der Waals surface area contributed by atoms with E-state index in [4.69, 9.17) is 10.5 Å². The summed E-state index contributed by atoms with van der Waals surface area (Å²) in [6.45, 7) is 3.88. The van der Waals surface area contributed by atoms with Gasteiger partial charge in [-0.2, -0.15) is 0 Å². The molecule has 0 spiro atoms. The molecule has 98 valence electrons. The van der Waals surface area contributed by atoms with Crippen LogP contribution < -0.4 is 15.8 Å². The minimum absolute atomic E-state index is 0.0636. The van der Waals surface area contributed by atoms with Crippen molar-refractivity contribution in [3.05, 3.63) is 29.3 Å². The summed E-state index contributed by atoms with van der Waals surface area (Å²) in [5.74, 6) is 1.03. The Hall–Kier alpha value is -1.10. The molecule has 2 atom stereocenters. The first-order valence-electron chi connectivity index (χ1n) is 6.68. The molecule has 2 heterocycles. The zero-order chi connectivity index (χ0) is 12.5. The second-order valence-electron chi connectivity index (χ2n) is 5.24. The summed E-state index contributed by atoms with van der Waals surface area (Å²) in [4.78, 5) is 2.35. The van der Waals surface area contributed by atoms with Gasteiger partial charge in [0.1, 0.15) is 5.75 Å². The van der Waals surface area contributed by atoms with Gasteiger partial charge in [0, 0.05) is 38.1 Å². The molecule has 2 unspecified atom stereocenters. The largest absolute Gasteiger partial charge is 0.493 e. The fraction of sp³-hybridized carbons (Fsp3) is 0.571. The van der Waals surface area contributed by atoms with Crippen LogP contribution in [0.15, 0.2) is 18.2 Å². The van der Waals surface area contributed by atoms with E-state index in [0.717, 1.165) is 38.4 Å². The Kier molecular flexibility index (Phi) is 3.24. The fourth-order valence-electron chi connectivity index (χ4n) is 2.86. The molecule has 1 aromatic carbocycles. The standard InChI is InChI=1S/C14H21N3O/c1-17-6-5-16-9-12(17)14(15)11-2-3-13-10(8-11)4-7-18-13/h2-3,8,12,14,16H,4-7,9,15H2,1H3. The van der Waals surface area contributed by atoms with E-state index in [-0.39, 0.29) is 6.04 Å². The van der Waals surface area contributed by atoms with Crippen LogP contribution in [0.2, 0.25) is 0 Å². The highest BCUT2D eigenvalue weighted by Crippen LogP contribution is 2.29. The number of nitrogens with zero attached hydrogens (tertiary/aromatic N) is 1. The van der Waals surface area contributed by atoms with E-state index in [2.05, 4.69) is 35.5 Å². The maximum atomic E-state index is 6.43. The summed E-state index contributed by atoms with van der Waals surface area (Å²) in [6, 6.07) is 6.83. The van der Waals surface area contributed by atoms with Gasteiger partial charge in [-0.15, -0.1) is 0 Å². The first kappa shape index (κ1) is 12.0. The summed E-state index contributed by atoms with van der Waals surface area (Å²) in [7, 11) is 2.15. The number of rotatable bonds is 2. The van der Waals surface area contributed by atoms with Crippen LogP contribution in [-0.4, -0.2) is 44.2 Å². The van der Waals surface area contributed by atoms with Gasteiger partial charge in [0.15, 0.2) is 0 Å². The van der Waals surface area contributed by atoms with Crippen molar-refractivity contribution in [1.29, 1.82) is 0 Å². The molecule has 1 saturated heterocycles. The van der Waals surface area contributed by atoms with E-state index < -0.39 is 0 Å². The second kappa shape index (κ2) is 4.88. The van der Waals surface area contributed by atoms with Gasteiger partial charge in [0.2, 0.25) is 0 Å². The maximum Gasteiger partial charge on any atom is 0.122 e. The van der Waals surface area contributed by atoms with Gasteiger partial charge in [0.05, 0.1) is 6.61 Å². The smallest absolute Gasteiger partial charge is 0.122 e. The lowest BCUT2D eigenvalue weighted by Crippen LogP contribution is -2.53. The first-order valence-corrected chi connectivity index (χ1v) is 6.68. The molecule has 2 aliphatic rings. The van der Waals surface area contributed by atoms with Crippen molar-refractivity contribution >= 4 is 0 Å². The van der Waals surface area contributed by atoms with Crippen LogP contribution in [0, 0.1) is 0 Å². The van der Waals surface area contributed by atoms with Gasteiger partial charge < -0.3 is 15.8 Å². The predicted molar refractivity (Wildman–Crippen MR) is 71.9 cm³/mol. The van der Waals surface area contributed by atoms with Crippen molar-refractivity contribution in [2.75, 3.05) is 33.3 Å². The lowest BCUT2D eigenvalue weighted by atomic mass is 9.95. The van der Waals surface area contributed by atoms with Crippen LogP contribution in [0.4, 0.5) is 0 Å².